The van der Waals surface area contributed by atoms with Crippen LogP contribution >= 0.6 is 0 Å². The summed E-state index contributed by atoms with van der Waals surface area (Å²) in [5, 5.41) is 3.25. The summed E-state index contributed by atoms with van der Waals surface area (Å²) in [4.78, 5) is 28.2. The summed E-state index contributed by atoms with van der Waals surface area (Å²) < 4.78 is 5.24. The van der Waals surface area contributed by atoms with E-state index in [4.69, 9.17) is 4.74 Å². The van der Waals surface area contributed by atoms with Crippen molar-refractivity contribution in [3.8, 4) is 5.75 Å². The highest BCUT2D eigenvalue weighted by Crippen LogP contribution is 2.35. The van der Waals surface area contributed by atoms with E-state index in [1.54, 1.807) is 43.5 Å². The molecule has 0 saturated heterocycles. The molecule has 1 N–H and O–H groups in total. The lowest BCUT2D eigenvalue weighted by molar-refractivity contribution is -0.120. The zero-order valence-corrected chi connectivity index (χ0v) is 18.0. The molecule has 3 aromatic carbocycles. The number of imide groups is 1. The number of rotatable bonds is 5. The fourth-order valence-corrected chi connectivity index (χ4v) is 3.62. The number of methoxy groups -OCH3 is 1. The molecular weight excluding hydrogens is 388 g/mol. The molecule has 0 aromatic heterocycles. The molecule has 1 aliphatic heterocycles. The van der Waals surface area contributed by atoms with Crippen molar-refractivity contribution in [2.45, 2.75) is 20.8 Å². The lowest BCUT2D eigenvalue weighted by Gasteiger charge is -2.16. The molecule has 0 bridgehead atoms. The molecule has 5 heteroatoms. The van der Waals surface area contributed by atoms with E-state index < -0.39 is 0 Å². The number of anilines is 2. The summed E-state index contributed by atoms with van der Waals surface area (Å²) >= 11 is 0. The van der Waals surface area contributed by atoms with Gasteiger partial charge in [-0.25, -0.2) is 4.90 Å². The van der Waals surface area contributed by atoms with Crippen LogP contribution in [-0.4, -0.2) is 18.9 Å². The van der Waals surface area contributed by atoms with Crippen LogP contribution in [0.15, 0.2) is 72.4 Å². The molecule has 0 atom stereocenters. The van der Waals surface area contributed by atoms with Crippen LogP contribution in [-0.2, 0) is 9.59 Å². The number of benzene rings is 3. The fourth-order valence-electron chi connectivity index (χ4n) is 3.62. The number of nitrogens with zero attached hydrogens (tertiary/aromatic N) is 1. The monoisotopic (exact) mass is 412 g/mol. The van der Waals surface area contributed by atoms with E-state index in [1.807, 2.05) is 51.1 Å². The second-order valence-electron chi connectivity index (χ2n) is 7.63. The van der Waals surface area contributed by atoms with Crippen LogP contribution in [0.5, 0.6) is 5.75 Å². The highest BCUT2D eigenvalue weighted by molar-refractivity contribution is 6.46. The molecule has 0 aliphatic carbocycles. The molecule has 3 aromatic rings. The Labute approximate surface area is 182 Å². The van der Waals surface area contributed by atoms with Gasteiger partial charge in [0.15, 0.2) is 0 Å². The molecule has 0 spiro atoms. The van der Waals surface area contributed by atoms with E-state index >= 15 is 0 Å². The van der Waals surface area contributed by atoms with E-state index in [9.17, 15) is 9.59 Å². The second-order valence-corrected chi connectivity index (χ2v) is 7.63. The Balaban J connectivity index is 1.83. The van der Waals surface area contributed by atoms with Gasteiger partial charge in [0.2, 0.25) is 0 Å². The molecule has 0 unspecified atom stereocenters. The highest BCUT2D eigenvalue weighted by Gasteiger charge is 2.40. The first kappa shape index (κ1) is 20.4. The molecule has 4 rings (SSSR count). The van der Waals surface area contributed by atoms with Crippen LogP contribution in [0.25, 0.3) is 5.57 Å². The third kappa shape index (κ3) is 3.70. The first-order chi connectivity index (χ1) is 14.9. The Kier molecular flexibility index (Phi) is 5.34. The van der Waals surface area contributed by atoms with Crippen LogP contribution in [0, 0.1) is 20.8 Å². The maximum Gasteiger partial charge on any atom is 0.282 e. The van der Waals surface area contributed by atoms with Crippen molar-refractivity contribution in [2.75, 3.05) is 17.3 Å². The van der Waals surface area contributed by atoms with Crippen molar-refractivity contribution >= 4 is 28.8 Å². The number of aryl methyl sites for hydroxylation is 2. The Hall–Kier alpha value is -3.86. The van der Waals surface area contributed by atoms with E-state index in [0.717, 1.165) is 22.4 Å². The first-order valence-electron chi connectivity index (χ1n) is 10.1. The maximum atomic E-state index is 13.5. The van der Waals surface area contributed by atoms with Crippen LogP contribution < -0.4 is 15.0 Å². The van der Waals surface area contributed by atoms with E-state index in [2.05, 4.69) is 5.32 Å². The normalized spacial score (nSPS) is 13.7. The Bertz CT molecular complexity index is 1190. The van der Waals surface area contributed by atoms with Crippen molar-refractivity contribution in [2.24, 2.45) is 0 Å². The number of carbonyl (C=O) groups is 2. The number of ether oxygens (including phenoxy) is 1. The third-order valence-electron chi connectivity index (χ3n) is 5.62. The number of hydrogen-bond acceptors (Lipinski definition) is 4. The molecule has 0 radical (unpaired) electrons. The van der Waals surface area contributed by atoms with Gasteiger partial charge in [0.1, 0.15) is 11.4 Å². The SMILES string of the molecule is COc1ccc(C2=C(Nc3cccc(C)c3C)C(=O)N(c3ccc(C)cc3)C2=O)cc1. The lowest BCUT2D eigenvalue weighted by Crippen LogP contribution is -2.32. The number of carbonyl (C=O) groups excluding carboxylic acids is 2. The van der Waals surface area contributed by atoms with Gasteiger partial charge in [-0.05, 0) is 67.8 Å². The lowest BCUT2D eigenvalue weighted by atomic mass is 10.0. The van der Waals surface area contributed by atoms with Gasteiger partial charge in [0.05, 0.1) is 18.4 Å². The molecule has 0 saturated carbocycles. The van der Waals surface area contributed by atoms with E-state index in [-0.39, 0.29) is 17.5 Å². The fraction of sp³-hybridized carbons (Fsp3) is 0.154. The smallest absolute Gasteiger partial charge is 0.282 e. The van der Waals surface area contributed by atoms with Crippen LogP contribution in [0.4, 0.5) is 11.4 Å². The quantitative estimate of drug-likeness (QED) is 0.598. The minimum Gasteiger partial charge on any atom is -0.497 e. The Morgan fingerprint density at radius 1 is 0.806 bits per heavy atom. The van der Waals surface area contributed by atoms with Crippen LogP contribution in [0.1, 0.15) is 22.3 Å². The van der Waals surface area contributed by atoms with Crippen LogP contribution in [0.2, 0.25) is 0 Å². The summed E-state index contributed by atoms with van der Waals surface area (Å²) in [6.07, 6.45) is 0. The molecule has 31 heavy (non-hydrogen) atoms. The Morgan fingerprint density at radius 3 is 2.13 bits per heavy atom. The highest BCUT2D eigenvalue weighted by atomic mass is 16.5. The molecule has 0 fully saturated rings. The zero-order valence-electron chi connectivity index (χ0n) is 18.0. The largest absolute Gasteiger partial charge is 0.497 e. The summed E-state index contributed by atoms with van der Waals surface area (Å²) in [5.74, 6) is -0.0482. The average Bonchev–Trinajstić information content (AvgIpc) is 3.01. The van der Waals surface area contributed by atoms with Gasteiger partial charge in [-0.3, -0.25) is 9.59 Å². The number of hydrogen-bond donors (Lipinski definition) is 1. The average molecular weight is 412 g/mol. The molecule has 2 amide bonds. The summed E-state index contributed by atoms with van der Waals surface area (Å²) in [6.45, 7) is 5.97. The van der Waals surface area contributed by atoms with Gasteiger partial charge in [-0.1, -0.05) is 42.0 Å². The predicted octanol–water partition coefficient (Wildman–Crippen LogP) is 5.02. The van der Waals surface area contributed by atoms with Crippen molar-refractivity contribution in [3.05, 3.63) is 94.7 Å². The van der Waals surface area contributed by atoms with Gasteiger partial charge >= 0.3 is 0 Å². The topological polar surface area (TPSA) is 58.6 Å². The third-order valence-corrected chi connectivity index (χ3v) is 5.62. The van der Waals surface area contributed by atoms with Gasteiger partial charge in [-0.15, -0.1) is 0 Å². The molecule has 1 aliphatic rings. The van der Waals surface area contributed by atoms with Gasteiger partial charge in [-0.2, -0.15) is 0 Å². The molecule has 1 heterocycles. The minimum absolute atomic E-state index is 0.268. The minimum atomic E-state index is -0.374. The zero-order chi connectivity index (χ0) is 22.1. The first-order valence-corrected chi connectivity index (χ1v) is 10.1. The Morgan fingerprint density at radius 2 is 1.48 bits per heavy atom. The second kappa shape index (κ2) is 8.11. The standard InChI is InChI=1S/C26H24N2O3/c1-16-8-12-20(13-9-16)28-25(29)23(19-10-14-21(31-4)15-11-19)24(26(28)30)27-22-7-5-6-17(2)18(22)3/h5-15,27H,1-4H3. The summed E-state index contributed by atoms with van der Waals surface area (Å²) in [7, 11) is 1.59. The van der Waals surface area contributed by atoms with E-state index in [1.165, 1.54) is 4.90 Å². The number of amides is 2. The van der Waals surface area contributed by atoms with Crippen molar-refractivity contribution < 1.29 is 14.3 Å². The summed E-state index contributed by atoms with van der Waals surface area (Å²) in [6, 6.07) is 20.4. The predicted molar refractivity (Wildman–Crippen MR) is 123 cm³/mol. The van der Waals surface area contributed by atoms with Gasteiger partial charge < -0.3 is 10.1 Å². The van der Waals surface area contributed by atoms with Crippen molar-refractivity contribution in [1.82, 2.24) is 0 Å². The van der Waals surface area contributed by atoms with Gasteiger partial charge in [0.25, 0.3) is 11.8 Å². The van der Waals surface area contributed by atoms with E-state index in [0.29, 0.717) is 22.6 Å². The van der Waals surface area contributed by atoms with Crippen molar-refractivity contribution in [3.63, 3.8) is 0 Å². The molecular formula is C26H24N2O3. The summed E-state index contributed by atoms with van der Waals surface area (Å²) in [5.41, 5.74) is 5.79. The maximum absolute atomic E-state index is 13.5. The molecule has 156 valence electrons. The van der Waals surface area contributed by atoms with Crippen LogP contribution in [0.3, 0.4) is 0 Å². The van der Waals surface area contributed by atoms with Gasteiger partial charge in [0, 0.05) is 5.69 Å². The number of nitrogens with one attached hydrogen (secondary N) is 1. The van der Waals surface area contributed by atoms with Crippen molar-refractivity contribution in [1.29, 1.82) is 0 Å². The molecule has 5 nitrogen and oxygen atoms in total.